The third-order valence-corrected chi connectivity index (χ3v) is 1.84. The van der Waals surface area contributed by atoms with Crippen molar-refractivity contribution in [1.29, 1.82) is 0 Å². The molecule has 76 valence electrons. The molecule has 0 aromatic heterocycles. The molecule has 1 aromatic carbocycles. The first-order valence-electron chi connectivity index (χ1n) is 3.84. The summed E-state index contributed by atoms with van der Waals surface area (Å²) in [5, 5.41) is 0. The molecule has 1 rings (SSSR count). The van der Waals surface area contributed by atoms with Crippen LogP contribution < -0.4 is 5.73 Å². The van der Waals surface area contributed by atoms with Gasteiger partial charge in [0.25, 0.3) is 0 Å². The molecular weight excluding hydrogens is 195 g/mol. The highest BCUT2D eigenvalue weighted by molar-refractivity contribution is 5.82. The SMILES string of the molecule is CC(=O)C(N)c1ccc(F)c(F)c1F. The Bertz CT molecular complexity index is 379. The minimum absolute atomic E-state index is 0.337. The largest absolute Gasteiger partial charge is 0.318 e. The zero-order chi connectivity index (χ0) is 10.9. The van der Waals surface area contributed by atoms with Gasteiger partial charge >= 0.3 is 0 Å². The number of Topliss-reactive ketones (excluding diaryl/α,β-unsaturated/α-hetero) is 1. The van der Waals surface area contributed by atoms with E-state index in [1.54, 1.807) is 0 Å². The van der Waals surface area contributed by atoms with Crippen molar-refractivity contribution < 1.29 is 18.0 Å². The Hall–Kier alpha value is -1.36. The topological polar surface area (TPSA) is 43.1 Å². The van der Waals surface area contributed by atoms with E-state index in [4.69, 9.17) is 5.73 Å². The molecule has 2 nitrogen and oxygen atoms in total. The molecule has 1 unspecified atom stereocenters. The number of halogens is 3. The second-order valence-corrected chi connectivity index (χ2v) is 2.85. The maximum absolute atomic E-state index is 13.0. The molecule has 0 aliphatic rings. The molecular formula is C9H8F3NO. The lowest BCUT2D eigenvalue weighted by Crippen LogP contribution is -2.20. The van der Waals surface area contributed by atoms with Crippen LogP contribution in [0.2, 0.25) is 0 Å². The smallest absolute Gasteiger partial charge is 0.194 e. The Labute approximate surface area is 78.5 Å². The second-order valence-electron chi connectivity index (χ2n) is 2.85. The molecule has 5 heteroatoms. The first-order chi connectivity index (χ1) is 6.45. The van der Waals surface area contributed by atoms with E-state index in [-0.39, 0.29) is 5.56 Å². The van der Waals surface area contributed by atoms with E-state index < -0.39 is 29.3 Å². The second kappa shape index (κ2) is 3.79. The van der Waals surface area contributed by atoms with E-state index >= 15 is 0 Å². The zero-order valence-corrected chi connectivity index (χ0v) is 7.35. The Morgan fingerprint density at radius 1 is 1.29 bits per heavy atom. The van der Waals surface area contributed by atoms with E-state index in [0.29, 0.717) is 0 Å². The predicted molar refractivity (Wildman–Crippen MR) is 43.9 cm³/mol. The first kappa shape index (κ1) is 10.7. The van der Waals surface area contributed by atoms with Gasteiger partial charge in [-0.15, -0.1) is 0 Å². The number of ketones is 1. The molecule has 0 heterocycles. The maximum Gasteiger partial charge on any atom is 0.194 e. The molecule has 0 saturated heterocycles. The predicted octanol–water partition coefficient (Wildman–Crippen LogP) is 1.69. The number of hydrogen-bond acceptors (Lipinski definition) is 2. The molecule has 0 amide bonds. The average Bonchev–Trinajstić information content (AvgIpc) is 2.13. The van der Waals surface area contributed by atoms with Crippen LogP contribution in [0.25, 0.3) is 0 Å². The van der Waals surface area contributed by atoms with Gasteiger partial charge < -0.3 is 5.73 Å². The Kier molecular flexibility index (Phi) is 2.90. The van der Waals surface area contributed by atoms with Gasteiger partial charge in [0.15, 0.2) is 23.2 Å². The third kappa shape index (κ3) is 1.77. The van der Waals surface area contributed by atoms with E-state index in [2.05, 4.69) is 0 Å². The lowest BCUT2D eigenvalue weighted by molar-refractivity contribution is -0.118. The van der Waals surface area contributed by atoms with Gasteiger partial charge in [-0.2, -0.15) is 0 Å². The third-order valence-electron chi connectivity index (χ3n) is 1.84. The number of carbonyl (C=O) groups excluding carboxylic acids is 1. The highest BCUT2D eigenvalue weighted by atomic mass is 19.2. The summed E-state index contributed by atoms with van der Waals surface area (Å²) in [6, 6.07) is 0.432. The quantitative estimate of drug-likeness (QED) is 0.743. The van der Waals surface area contributed by atoms with Gasteiger partial charge in [-0.05, 0) is 13.0 Å². The maximum atomic E-state index is 13.0. The van der Waals surface area contributed by atoms with Crippen LogP contribution in [0.4, 0.5) is 13.2 Å². The average molecular weight is 203 g/mol. The molecule has 0 fully saturated rings. The van der Waals surface area contributed by atoms with Gasteiger partial charge in [0.05, 0.1) is 6.04 Å². The number of nitrogens with two attached hydrogens (primary N) is 1. The van der Waals surface area contributed by atoms with E-state index in [1.165, 1.54) is 0 Å². The number of benzene rings is 1. The van der Waals surface area contributed by atoms with Crippen molar-refractivity contribution in [2.24, 2.45) is 5.73 Å². The molecule has 14 heavy (non-hydrogen) atoms. The minimum atomic E-state index is -1.61. The van der Waals surface area contributed by atoms with E-state index in [1.807, 2.05) is 0 Å². The number of carbonyl (C=O) groups is 1. The van der Waals surface area contributed by atoms with Gasteiger partial charge in [0.1, 0.15) is 0 Å². The summed E-state index contributed by atoms with van der Waals surface area (Å²) in [7, 11) is 0. The van der Waals surface area contributed by atoms with Gasteiger partial charge in [-0.3, -0.25) is 4.79 Å². The van der Waals surface area contributed by atoms with Crippen LogP contribution in [0.5, 0.6) is 0 Å². The van der Waals surface area contributed by atoms with Gasteiger partial charge in [-0.1, -0.05) is 6.07 Å². The standard InChI is InChI=1S/C9H8F3NO/c1-4(14)9(13)5-2-3-6(10)8(12)7(5)11/h2-3,9H,13H2,1H3. The molecule has 2 N–H and O–H groups in total. The molecule has 1 atom stereocenters. The summed E-state index contributed by atoms with van der Waals surface area (Å²) >= 11 is 0. The molecule has 0 saturated carbocycles. The fraction of sp³-hybridized carbons (Fsp3) is 0.222. The summed E-state index contributed by atoms with van der Waals surface area (Å²) in [5.74, 6) is -4.84. The van der Waals surface area contributed by atoms with Gasteiger partial charge in [0, 0.05) is 5.56 Å². The number of hydrogen-bond donors (Lipinski definition) is 1. The van der Waals surface area contributed by atoms with Gasteiger partial charge in [0.2, 0.25) is 0 Å². The van der Waals surface area contributed by atoms with Crippen LogP contribution in [0.3, 0.4) is 0 Å². The van der Waals surface area contributed by atoms with Crippen molar-refractivity contribution in [1.82, 2.24) is 0 Å². The Morgan fingerprint density at radius 3 is 2.36 bits per heavy atom. The fourth-order valence-electron chi connectivity index (χ4n) is 1.00. The molecule has 0 spiro atoms. The van der Waals surface area contributed by atoms with E-state index in [9.17, 15) is 18.0 Å². The minimum Gasteiger partial charge on any atom is -0.318 e. The summed E-state index contributed by atoms with van der Waals surface area (Å²) < 4.78 is 38.2. The summed E-state index contributed by atoms with van der Waals surface area (Å²) in [4.78, 5) is 10.8. The normalized spacial score (nSPS) is 12.6. The Balaban J connectivity index is 3.24. The molecule has 0 aliphatic carbocycles. The van der Waals surface area contributed by atoms with Crippen LogP contribution in [0, 0.1) is 17.5 Å². The van der Waals surface area contributed by atoms with Crippen LogP contribution in [-0.2, 0) is 4.79 Å². The van der Waals surface area contributed by atoms with Crippen LogP contribution in [0.1, 0.15) is 18.5 Å². The Morgan fingerprint density at radius 2 is 1.86 bits per heavy atom. The summed E-state index contributed by atoms with van der Waals surface area (Å²) in [6.07, 6.45) is 0. The van der Waals surface area contributed by atoms with E-state index in [0.717, 1.165) is 19.1 Å². The molecule has 0 aliphatic heterocycles. The summed E-state index contributed by atoms with van der Waals surface area (Å²) in [5.41, 5.74) is 4.94. The highest BCUT2D eigenvalue weighted by Crippen LogP contribution is 2.20. The van der Waals surface area contributed by atoms with Crippen LogP contribution in [-0.4, -0.2) is 5.78 Å². The van der Waals surface area contributed by atoms with Crippen molar-refractivity contribution in [3.8, 4) is 0 Å². The molecule has 0 radical (unpaired) electrons. The van der Waals surface area contributed by atoms with Crippen molar-refractivity contribution in [2.45, 2.75) is 13.0 Å². The zero-order valence-electron chi connectivity index (χ0n) is 7.35. The van der Waals surface area contributed by atoms with Crippen molar-refractivity contribution in [3.63, 3.8) is 0 Å². The lowest BCUT2D eigenvalue weighted by atomic mass is 10.0. The highest BCUT2D eigenvalue weighted by Gasteiger charge is 2.20. The first-order valence-corrected chi connectivity index (χ1v) is 3.84. The molecule has 0 bridgehead atoms. The van der Waals surface area contributed by atoms with Crippen molar-refractivity contribution in [3.05, 3.63) is 35.1 Å². The van der Waals surface area contributed by atoms with Crippen molar-refractivity contribution in [2.75, 3.05) is 0 Å². The fourth-order valence-corrected chi connectivity index (χ4v) is 1.00. The molecule has 1 aromatic rings. The van der Waals surface area contributed by atoms with Crippen LogP contribution >= 0.6 is 0 Å². The van der Waals surface area contributed by atoms with Crippen molar-refractivity contribution >= 4 is 5.78 Å². The van der Waals surface area contributed by atoms with Gasteiger partial charge in [-0.25, -0.2) is 13.2 Å². The number of rotatable bonds is 2. The monoisotopic (exact) mass is 203 g/mol. The van der Waals surface area contributed by atoms with Crippen LogP contribution in [0.15, 0.2) is 12.1 Å². The summed E-state index contributed by atoms with van der Waals surface area (Å²) in [6.45, 7) is 1.14. The lowest BCUT2D eigenvalue weighted by Gasteiger charge is -2.09.